The lowest BCUT2D eigenvalue weighted by Crippen LogP contribution is -1.91. The fraction of sp³-hybridized carbons (Fsp3) is 0.333. The van der Waals surface area contributed by atoms with Crippen LogP contribution in [0.15, 0.2) is 33.2 Å². The van der Waals surface area contributed by atoms with Crippen LogP contribution in [-0.2, 0) is 5.75 Å². The van der Waals surface area contributed by atoms with Gasteiger partial charge in [-0.25, -0.2) is 0 Å². The van der Waals surface area contributed by atoms with Crippen LogP contribution in [0.4, 0.5) is 0 Å². The maximum atomic E-state index is 5.35. The van der Waals surface area contributed by atoms with E-state index in [0.717, 1.165) is 10.2 Å². The van der Waals surface area contributed by atoms with Crippen molar-refractivity contribution in [2.45, 2.75) is 24.9 Å². The highest BCUT2D eigenvalue weighted by molar-refractivity contribution is 9.10. The fourth-order valence-corrected chi connectivity index (χ4v) is 3.16. The zero-order valence-electron chi connectivity index (χ0n) is 9.68. The molecule has 0 aliphatic heterocycles. The number of nitrogens with zero attached hydrogens (tertiary/aromatic N) is 2. The largest absolute Gasteiger partial charge is 0.425 e. The summed E-state index contributed by atoms with van der Waals surface area (Å²) in [6, 6.07) is 8.25. The summed E-state index contributed by atoms with van der Waals surface area (Å²) < 4.78 is 6.49. The van der Waals surface area contributed by atoms with Crippen LogP contribution in [0.2, 0.25) is 0 Å². The molecule has 3 nitrogen and oxygen atoms in total. The maximum absolute atomic E-state index is 5.35. The number of thioether (sulfide) groups is 1. The molecule has 0 amide bonds. The minimum absolute atomic E-state index is 0.387. The van der Waals surface area contributed by atoms with Crippen molar-refractivity contribution < 1.29 is 4.42 Å². The molecule has 2 aromatic rings. The third-order valence-corrected chi connectivity index (χ3v) is 4.26. The number of benzene rings is 1. The molecule has 17 heavy (non-hydrogen) atoms. The lowest BCUT2D eigenvalue weighted by molar-refractivity contribution is 0.485. The molecule has 1 heterocycles. The monoisotopic (exact) mass is 312 g/mol. The van der Waals surface area contributed by atoms with Gasteiger partial charge in [0, 0.05) is 16.6 Å². The van der Waals surface area contributed by atoms with Gasteiger partial charge in [0.1, 0.15) is 0 Å². The number of halogens is 1. The molecule has 1 aromatic heterocycles. The first-order valence-electron chi connectivity index (χ1n) is 5.32. The van der Waals surface area contributed by atoms with Gasteiger partial charge in [0.2, 0.25) is 11.8 Å². The van der Waals surface area contributed by atoms with Gasteiger partial charge in [-0.05, 0) is 18.6 Å². The van der Waals surface area contributed by atoms with E-state index in [2.05, 4.69) is 45.2 Å². The normalized spacial score (nSPS) is 12.6. The average molecular weight is 313 g/mol. The number of hydrogen-bond donors (Lipinski definition) is 0. The second-order valence-corrected chi connectivity index (χ2v) is 5.87. The van der Waals surface area contributed by atoms with E-state index < -0.39 is 0 Å². The summed E-state index contributed by atoms with van der Waals surface area (Å²) in [5.41, 5.74) is 1.29. The van der Waals surface area contributed by atoms with Crippen molar-refractivity contribution in [1.29, 1.82) is 0 Å². The number of aromatic nitrogens is 2. The zero-order valence-corrected chi connectivity index (χ0v) is 12.1. The van der Waals surface area contributed by atoms with E-state index in [4.69, 9.17) is 4.42 Å². The quantitative estimate of drug-likeness (QED) is 0.850. The Morgan fingerprint density at radius 3 is 2.76 bits per heavy atom. The van der Waals surface area contributed by atoms with Crippen LogP contribution in [0.1, 0.15) is 29.5 Å². The van der Waals surface area contributed by atoms with Crippen LogP contribution < -0.4 is 0 Å². The van der Waals surface area contributed by atoms with Crippen LogP contribution in [0.25, 0.3) is 0 Å². The molecule has 2 rings (SSSR count). The third kappa shape index (κ3) is 3.33. The Morgan fingerprint density at radius 1 is 1.35 bits per heavy atom. The maximum Gasteiger partial charge on any atom is 0.226 e. The summed E-state index contributed by atoms with van der Waals surface area (Å²) in [5.74, 6) is 2.05. The van der Waals surface area contributed by atoms with Gasteiger partial charge in [0.25, 0.3) is 0 Å². The van der Waals surface area contributed by atoms with Crippen LogP contribution >= 0.6 is 27.7 Å². The summed E-state index contributed by atoms with van der Waals surface area (Å²) in [4.78, 5) is 0. The Morgan fingerprint density at radius 2 is 2.12 bits per heavy atom. The Kier molecular flexibility index (Phi) is 4.23. The highest BCUT2D eigenvalue weighted by Gasteiger charge is 2.11. The average Bonchev–Trinajstić information content (AvgIpc) is 2.73. The highest BCUT2D eigenvalue weighted by Crippen LogP contribution is 2.34. The second-order valence-electron chi connectivity index (χ2n) is 3.69. The van der Waals surface area contributed by atoms with E-state index >= 15 is 0 Å². The van der Waals surface area contributed by atoms with Gasteiger partial charge < -0.3 is 4.42 Å². The second kappa shape index (κ2) is 5.69. The molecule has 0 saturated heterocycles. The lowest BCUT2D eigenvalue weighted by Gasteiger charge is -2.11. The molecule has 0 N–H and O–H groups in total. The molecule has 0 radical (unpaired) electrons. The van der Waals surface area contributed by atoms with Gasteiger partial charge in [0.05, 0.1) is 5.75 Å². The van der Waals surface area contributed by atoms with Gasteiger partial charge in [-0.3, -0.25) is 0 Å². The molecule has 1 aromatic carbocycles. The predicted molar refractivity (Wildman–Crippen MR) is 72.9 cm³/mol. The van der Waals surface area contributed by atoms with Gasteiger partial charge in [-0.2, -0.15) is 0 Å². The molecule has 0 unspecified atom stereocenters. The lowest BCUT2D eigenvalue weighted by atomic mass is 10.2. The molecule has 1 atom stereocenters. The van der Waals surface area contributed by atoms with E-state index in [-0.39, 0.29) is 0 Å². The van der Waals surface area contributed by atoms with Crippen molar-refractivity contribution in [2.24, 2.45) is 0 Å². The zero-order chi connectivity index (χ0) is 12.3. The van der Waals surface area contributed by atoms with Crippen molar-refractivity contribution >= 4 is 27.7 Å². The minimum atomic E-state index is 0.387. The van der Waals surface area contributed by atoms with E-state index in [0.29, 0.717) is 17.0 Å². The summed E-state index contributed by atoms with van der Waals surface area (Å²) in [5, 5.41) is 8.19. The van der Waals surface area contributed by atoms with Crippen LogP contribution in [0, 0.1) is 6.92 Å². The SMILES string of the molecule is Cc1nnc(CS[C@@H](C)c2ccccc2Br)o1. The summed E-state index contributed by atoms with van der Waals surface area (Å²) in [6.45, 7) is 3.98. The summed E-state index contributed by atoms with van der Waals surface area (Å²) in [7, 11) is 0. The van der Waals surface area contributed by atoms with Gasteiger partial charge in [-0.15, -0.1) is 22.0 Å². The van der Waals surface area contributed by atoms with E-state index in [1.165, 1.54) is 5.56 Å². The minimum Gasteiger partial charge on any atom is -0.425 e. The van der Waals surface area contributed by atoms with E-state index in [9.17, 15) is 0 Å². The van der Waals surface area contributed by atoms with Crippen molar-refractivity contribution in [1.82, 2.24) is 10.2 Å². The number of aryl methyl sites for hydroxylation is 1. The van der Waals surface area contributed by atoms with Gasteiger partial charge in [-0.1, -0.05) is 34.1 Å². The molecule has 5 heteroatoms. The van der Waals surface area contributed by atoms with Gasteiger partial charge >= 0.3 is 0 Å². The standard InChI is InChI=1S/C12H13BrN2OS/c1-8(10-5-3-4-6-11(10)13)17-7-12-15-14-9(2)16-12/h3-6,8H,7H2,1-2H3/t8-/m0/s1. The van der Waals surface area contributed by atoms with Gasteiger partial charge in [0.15, 0.2) is 0 Å². The fourth-order valence-electron chi connectivity index (χ4n) is 1.49. The molecular weight excluding hydrogens is 300 g/mol. The molecule has 0 aliphatic carbocycles. The first kappa shape index (κ1) is 12.6. The topological polar surface area (TPSA) is 38.9 Å². The number of hydrogen-bond acceptors (Lipinski definition) is 4. The first-order valence-corrected chi connectivity index (χ1v) is 7.16. The molecule has 0 bridgehead atoms. The van der Waals surface area contributed by atoms with Crippen molar-refractivity contribution in [2.75, 3.05) is 0 Å². The van der Waals surface area contributed by atoms with Crippen LogP contribution in [0.5, 0.6) is 0 Å². The first-order chi connectivity index (χ1) is 8.16. The van der Waals surface area contributed by atoms with Crippen molar-refractivity contribution in [3.05, 3.63) is 46.1 Å². The van der Waals surface area contributed by atoms with Crippen LogP contribution in [-0.4, -0.2) is 10.2 Å². The summed E-state index contributed by atoms with van der Waals surface area (Å²) >= 11 is 5.35. The van der Waals surface area contributed by atoms with E-state index in [1.54, 1.807) is 18.7 Å². The Labute approximate surface area is 113 Å². The Bertz CT molecular complexity index is 501. The highest BCUT2D eigenvalue weighted by atomic mass is 79.9. The summed E-state index contributed by atoms with van der Waals surface area (Å²) in [6.07, 6.45) is 0. The molecule has 0 fully saturated rings. The Hall–Kier alpha value is -0.810. The Balaban J connectivity index is 1.98. The van der Waals surface area contributed by atoms with Crippen molar-refractivity contribution in [3.63, 3.8) is 0 Å². The third-order valence-electron chi connectivity index (χ3n) is 2.37. The molecule has 0 spiro atoms. The molecular formula is C12H13BrN2OS. The smallest absolute Gasteiger partial charge is 0.226 e. The van der Waals surface area contributed by atoms with Crippen molar-refractivity contribution in [3.8, 4) is 0 Å². The van der Waals surface area contributed by atoms with E-state index in [1.807, 2.05) is 12.1 Å². The predicted octanol–water partition coefficient (Wildman–Crippen LogP) is 4.13. The molecule has 90 valence electrons. The molecule has 0 aliphatic rings. The number of rotatable bonds is 4. The molecule has 0 saturated carbocycles. The van der Waals surface area contributed by atoms with Crippen LogP contribution in [0.3, 0.4) is 0 Å².